The van der Waals surface area contributed by atoms with Crippen molar-refractivity contribution in [3.8, 4) is 0 Å². The maximum absolute atomic E-state index is 12.7. The van der Waals surface area contributed by atoms with Crippen molar-refractivity contribution in [3.63, 3.8) is 0 Å². The minimum atomic E-state index is -3.37. The molecule has 0 spiro atoms. The molecule has 1 aromatic rings. The van der Waals surface area contributed by atoms with Crippen molar-refractivity contribution < 1.29 is 8.42 Å². The lowest BCUT2D eigenvalue weighted by atomic mass is 10.0. The summed E-state index contributed by atoms with van der Waals surface area (Å²) in [6.45, 7) is 4.03. The van der Waals surface area contributed by atoms with E-state index in [9.17, 15) is 8.42 Å². The molecule has 2 fully saturated rings. The van der Waals surface area contributed by atoms with Crippen molar-refractivity contribution in [2.24, 2.45) is 0 Å². The second-order valence-corrected chi connectivity index (χ2v) is 8.09. The van der Waals surface area contributed by atoms with Gasteiger partial charge in [-0.1, -0.05) is 28.1 Å². The summed E-state index contributed by atoms with van der Waals surface area (Å²) in [5.74, 6) is 0. The van der Waals surface area contributed by atoms with Gasteiger partial charge in [0.25, 0.3) is 0 Å². The second kappa shape index (κ2) is 4.72. The highest BCUT2D eigenvalue weighted by Gasteiger charge is 2.45. The van der Waals surface area contributed by atoms with Crippen LogP contribution >= 0.6 is 15.9 Å². The Balaban J connectivity index is 1.97. The fourth-order valence-electron chi connectivity index (χ4n) is 3.19. The Bertz CT molecular complexity index is 593. The molecule has 0 N–H and O–H groups in total. The summed E-state index contributed by atoms with van der Waals surface area (Å²) in [7, 11) is -3.37. The lowest BCUT2D eigenvalue weighted by molar-refractivity contribution is 0.286. The van der Waals surface area contributed by atoms with Gasteiger partial charge in [0.2, 0.25) is 10.0 Å². The van der Waals surface area contributed by atoms with E-state index in [0.717, 1.165) is 30.2 Å². The van der Waals surface area contributed by atoms with Crippen LogP contribution in [0, 0.1) is 0 Å². The number of piperidine rings is 1. The quantitative estimate of drug-likeness (QED) is 0.773. The lowest BCUT2D eigenvalue weighted by Crippen LogP contribution is -2.44. The van der Waals surface area contributed by atoms with Gasteiger partial charge in [-0.25, -0.2) is 8.42 Å². The molecule has 2 atom stereocenters. The molecular formula is C14H16BrNO2S. The molecule has 0 aromatic heterocycles. The van der Waals surface area contributed by atoms with E-state index in [1.54, 1.807) is 28.6 Å². The van der Waals surface area contributed by atoms with Crippen LogP contribution in [0.3, 0.4) is 0 Å². The molecule has 102 valence electrons. The van der Waals surface area contributed by atoms with Crippen LogP contribution in [0.1, 0.15) is 25.7 Å². The SMILES string of the molecule is C=C1CC2CCC(C1)N2S(=O)(=O)c1ccc(Br)cc1. The van der Waals surface area contributed by atoms with E-state index in [2.05, 4.69) is 22.5 Å². The molecule has 19 heavy (non-hydrogen) atoms. The molecule has 3 nitrogen and oxygen atoms in total. The molecule has 0 aliphatic carbocycles. The summed E-state index contributed by atoms with van der Waals surface area (Å²) in [6.07, 6.45) is 3.54. The Morgan fingerprint density at radius 2 is 1.63 bits per heavy atom. The molecule has 5 heteroatoms. The molecule has 3 rings (SSSR count). The van der Waals surface area contributed by atoms with E-state index < -0.39 is 10.0 Å². The van der Waals surface area contributed by atoms with Crippen molar-refractivity contribution in [2.75, 3.05) is 0 Å². The van der Waals surface area contributed by atoms with Gasteiger partial charge in [-0.2, -0.15) is 4.31 Å². The maximum atomic E-state index is 12.7. The standard InChI is InChI=1S/C14H16BrNO2S/c1-10-8-12-4-5-13(9-10)16(12)19(17,18)14-6-2-11(15)3-7-14/h2-3,6-7,12-13H,1,4-5,8-9H2. The fraction of sp³-hybridized carbons (Fsp3) is 0.429. The van der Waals surface area contributed by atoms with E-state index in [1.807, 2.05) is 0 Å². The van der Waals surface area contributed by atoms with Crippen LogP contribution in [0.15, 0.2) is 45.8 Å². The van der Waals surface area contributed by atoms with E-state index in [-0.39, 0.29) is 12.1 Å². The van der Waals surface area contributed by atoms with Gasteiger partial charge >= 0.3 is 0 Å². The first-order valence-electron chi connectivity index (χ1n) is 6.44. The first kappa shape index (κ1) is 13.3. The molecule has 2 unspecified atom stereocenters. The summed E-state index contributed by atoms with van der Waals surface area (Å²) in [5, 5.41) is 0. The summed E-state index contributed by atoms with van der Waals surface area (Å²) in [6, 6.07) is 7.11. The van der Waals surface area contributed by atoms with Crippen LogP contribution in [0.25, 0.3) is 0 Å². The second-order valence-electron chi connectivity index (χ2n) is 5.33. The number of sulfonamides is 1. The van der Waals surface area contributed by atoms with E-state index in [1.165, 1.54) is 5.57 Å². The first-order valence-corrected chi connectivity index (χ1v) is 8.67. The number of nitrogens with zero attached hydrogens (tertiary/aromatic N) is 1. The molecule has 2 aliphatic rings. The van der Waals surface area contributed by atoms with Crippen LogP contribution < -0.4 is 0 Å². The monoisotopic (exact) mass is 341 g/mol. The number of halogens is 1. The maximum Gasteiger partial charge on any atom is 0.243 e. The topological polar surface area (TPSA) is 37.4 Å². The van der Waals surface area contributed by atoms with Crippen LogP contribution in [0.2, 0.25) is 0 Å². The third kappa shape index (κ3) is 2.28. The minimum absolute atomic E-state index is 0.111. The number of benzene rings is 1. The zero-order valence-electron chi connectivity index (χ0n) is 10.5. The molecule has 0 saturated carbocycles. The molecular weight excluding hydrogens is 326 g/mol. The van der Waals surface area contributed by atoms with E-state index in [4.69, 9.17) is 0 Å². The van der Waals surface area contributed by atoms with Gasteiger partial charge in [0.05, 0.1) is 4.90 Å². The van der Waals surface area contributed by atoms with Gasteiger partial charge in [-0.15, -0.1) is 0 Å². The summed E-state index contributed by atoms with van der Waals surface area (Å²) in [5.41, 5.74) is 1.19. The first-order chi connectivity index (χ1) is 8.98. The Kier molecular flexibility index (Phi) is 3.31. The highest BCUT2D eigenvalue weighted by atomic mass is 79.9. The van der Waals surface area contributed by atoms with Gasteiger partial charge in [0.1, 0.15) is 0 Å². The van der Waals surface area contributed by atoms with Crippen LogP contribution in [0.5, 0.6) is 0 Å². The summed E-state index contributed by atoms with van der Waals surface area (Å²) < 4.78 is 28.1. The van der Waals surface area contributed by atoms with Gasteiger partial charge in [0, 0.05) is 16.6 Å². The van der Waals surface area contributed by atoms with Crippen LogP contribution in [-0.4, -0.2) is 24.8 Å². The van der Waals surface area contributed by atoms with E-state index in [0.29, 0.717) is 4.90 Å². The predicted molar refractivity (Wildman–Crippen MR) is 78.4 cm³/mol. The molecule has 2 saturated heterocycles. The normalized spacial score (nSPS) is 27.7. The van der Waals surface area contributed by atoms with Gasteiger partial charge in [-0.3, -0.25) is 0 Å². The number of hydrogen-bond acceptors (Lipinski definition) is 2. The van der Waals surface area contributed by atoms with E-state index >= 15 is 0 Å². The molecule has 2 aliphatic heterocycles. The third-order valence-electron chi connectivity index (χ3n) is 3.99. The fourth-order valence-corrected chi connectivity index (χ4v) is 5.32. The zero-order valence-corrected chi connectivity index (χ0v) is 13.0. The van der Waals surface area contributed by atoms with Crippen LogP contribution in [-0.2, 0) is 10.0 Å². The zero-order chi connectivity index (χ0) is 13.6. The molecule has 2 bridgehead atoms. The Morgan fingerprint density at radius 1 is 1.11 bits per heavy atom. The van der Waals surface area contributed by atoms with Crippen molar-refractivity contribution in [2.45, 2.75) is 42.7 Å². The van der Waals surface area contributed by atoms with Crippen LogP contribution in [0.4, 0.5) is 0 Å². The highest BCUT2D eigenvalue weighted by Crippen LogP contribution is 2.41. The number of rotatable bonds is 2. The van der Waals surface area contributed by atoms with Gasteiger partial charge < -0.3 is 0 Å². The summed E-state index contributed by atoms with van der Waals surface area (Å²) in [4.78, 5) is 0.389. The average Bonchev–Trinajstić information content (AvgIpc) is 2.64. The minimum Gasteiger partial charge on any atom is -0.207 e. The lowest BCUT2D eigenvalue weighted by Gasteiger charge is -2.34. The third-order valence-corrected chi connectivity index (χ3v) is 6.54. The smallest absolute Gasteiger partial charge is 0.207 e. The van der Waals surface area contributed by atoms with Crippen molar-refractivity contribution in [1.82, 2.24) is 4.31 Å². The summed E-state index contributed by atoms with van der Waals surface area (Å²) >= 11 is 3.33. The Labute approximate surface area is 122 Å². The molecule has 0 amide bonds. The largest absolute Gasteiger partial charge is 0.243 e. The highest BCUT2D eigenvalue weighted by molar-refractivity contribution is 9.10. The van der Waals surface area contributed by atoms with Gasteiger partial charge in [0.15, 0.2) is 0 Å². The Morgan fingerprint density at radius 3 is 2.16 bits per heavy atom. The number of hydrogen-bond donors (Lipinski definition) is 0. The molecule has 0 radical (unpaired) electrons. The average molecular weight is 342 g/mol. The molecule has 2 heterocycles. The predicted octanol–water partition coefficient (Wildman–Crippen LogP) is 3.32. The van der Waals surface area contributed by atoms with Crippen molar-refractivity contribution in [1.29, 1.82) is 0 Å². The van der Waals surface area contributed by atoms with Crippen molar-refractivity contribution in [3.05, 3.63) is 40.9 Å². The number of fused-ring (bicyclic) bond motifs is 2. The van der Waals surface area contributed by atoms with Crippen molar-refractivity contribution >= 4 is 26.0 Å². The Hall–Kier alpha value is -0.650. The molecule has 1 aromatic carbocycles. The van der Waals surface area contributed by atoms with Gasteiger partial charge in [-0.05, 0) is 49.9 Å².